The molecule has 1 aromatic rings. The van der Waals surface area contributed by atoms with Gasteiger partial charge in [0.15, 0.2) is 21.4 Å². The number of nitrogens with one attached hydrogen (secondary N) is 1. The predicted octanol–water partition coefficient (Wildman–Crippen LogP) is 3.60. The summed E-state index contributed by atoms with van der Waals surface area (Å²) in [7, 11) is -3.26. The molecule has 1 aliphatic rings. The summed E-state index contributed by atoms with van der Waals surface area (Å²) in [6.07, 6.45) is 2.75. The van der Waals surface area contributed by atoms with Crippen molar-refractivity contribution in [2.45, 2.75) is 58.8 Å². The van der Waals surface area contributed by atoms with Gasteiger partial charge in [-0.2, -0.15) is 0 Å². The van der Waals surface area contributed by atoms with Crippen molar-refractivity contribution in [1.29, 1.82) is 0 Å². The lowest BCUT2D eigenvalue weighted by atomic mass is 10.00. The molecule has 1 saturated heterocycles. The average Bonchev–Trinajstić information content (AvgIpc) is 2.97. The first-order chi connectivity index (χ1) is 14.1. The Morgan fingerprint density at radius 3 is 2.53 bits per heavy atom. The Morgan fingerprint density at radius 2 is 1.90 bits per heavy atom. The molecule has 168 valence electrons. The summed E-state index contributed by atoms with van der Waals surface area (Å²) in [6, 6.07) is 4.51. The first-order valence-electron chi connectivity index (χ1n) is 10.5. The van der Waals surface area contributed by atoms with Crippen LogP contribution in [0.15, 0.2) is 18.2 Å². The molecule has 1 unspecified atom stereocenters. The summed E-state index contributed by atoms with van der Waals surface area (Å²) in [6.45, 7) is 6.15. The molecule has 8 heteroatoms. The second kappa shape index (κ2) is 10.9. The van der Waals surface area contributed by atoms with Crippen LogP contribution in [0.3, 0.4) is 0 Å². The lowest BCUT2D eigenvalue weighted by Gasteiger charge is -2.15. The van der Waals surface area contributed by atoms with E-state index < -0.39 is 15.7 Å². The number of benzene rings is 1. The van der Waals surface area contributed by atoms with Gasteiger partial charge in [-0.1, -0.05) is 39.7 Å². The summed E-state index contributed by atoms with van der Waals surface area (Å²) in [4.78, 5) is 22.7. The Morgan fingerprint density at radius 1 is 1.17 bits per heavy atom. The number of sulfone groups is 1. The maximum atomic E-state index is 13.9. The van der Waals surface area contributed by atoms with Gasteiger partial charge in [0.05, 0.1) is 18.1 Å². The molecule has 0 spiro atoms. The van der Waals surface area contributed by atoms with Crippen LogP contribution in [-0.2, 0) is 19.4 Å². The first-order valence-corrected chi connectivity index (χ1v) is 12.4. The Kier molecular flexibility index (Phi) is 8.82. The normalized spacial score (nSPS) is 18.0. The fourth-order valence-corrected chi connectivity index (χ4v) is 5.25. The van der Waals surface area contributed by atoms with Gasteiger partial charge in [-0.25, -0.2) is 12.8 Å². The van der Waals surface area contributed by atoms with E-state index in [1.54, 1.807) is 12.1 Å². The van der Waals surface area contributed by atoms with Crippen molar-refractivity contribution in [3.05, 3.63) is 29.6 Å². The van der Waals surface area contributed by atoms with E-state index >= 15 is 0 Å². The molecule has 0 bridgehead atoms. The zero-order chi connectivity index (χ0) is 22.3. The minimum atomic E-state index is -3.26. The van der Waals surface area contributed by atoms with Crippen LogP contribution < -0.4 is 10.1 Å². The molecule has 0 aliphatic carbocycles. The fraction of sp³-hybridized carbons (Fsp3) is 0.636. The molecule has 1 heterocycles. The van der Waals surface area contributed by atoms with Crippen molar-refractivity contribution in [3.8, 4) is 5.75 Å². The highest BCUT2D eigenvalue weighted by atomic mass is 32.2. The van der Waals surface area contributed by atoms with Gasteiger partial charge in [0.1, 0.15) is 0 Å². The Hall–Kier alpha value is -1.96. The van der Waals surface area contributed by atoms with E-state index in [4.69, 9.17) is 4.74 Å². The molecule has 0 radical (unpaired) electrons. The third-order valence-electron chi connectivity index (χ3n) is 5.17. The molecule has 2 atom stereocenters. The molecule has 30 heavy (non-hydrogen) atoms. The molecule has 1 aromatic carbocycles. The largest absolute Gasteiger partial charge is 0.490 e. The van der Waals surface area contributed by atoms with Crippen molar-refractivity contribution in [1.82, 2.24) is 5.32 Å². The number of rotatable bonds is 12. The topological polar surface area (TPSA) is 89.5 Å². The molecule has 1 aliphatic heterocycles. The van der Waals surface area contributed by atoms with Crippen molar-refractivity contribution in [2.24, 2.45) is 11.8 Å². The van der Waals surface area contributed by atoms with Crippen molar-refractivity contribution in [3.63, 3.8) is 0 Å². The van der Waals surface area contributed by atoms with Crippen LogP contribution in [-0.4, -0.2) is 38.3 Å². The standard InChI is InChI=1S/C22H32FNO5S/c1-15(2)13-29-20-11-17(8-9-19(20)23)16(3)14-30(27,28)10-6-4-5-7-18-12-21(25)24-22(18)26/h8-9,11,15-16,18H,4-7,10,12-14H2,1-3H3,(H,24,25,26)/t16-,18?/m0/s1. The Balaban J connectivity index is 1.79. The van der Waals surface area contributed by atoms with Crippen molar-refractivity contribution < 1.29 is 27.1 Å². The van der Waals surface area contributed by atoms with Gasteiger partial charge in [-0.05, 0) is 42.4 Å². The number of unbranched alkanes of at least 4 members (excludes halogenated alkanes) is 2. The van der Waals surface area contributed by atoms with Gasteiger partial charge in [0, 0.05) is 12.3 Å². The quantitative estimate of drug-likeness (QED) is 0.395. The minimum absolute atomic E-state index is 0.0121. The van der Waals surface area contributed by atoms with Crippen molar-refractivity contribution >= 4 is 21.7 Å². The van der Waals surface area contributed by atoms with E-state index in [-0.39, 0.29) is 53.2 Å². The van der Waals surface area contributed by atoms with Crippen LogP contribution in [0.25, 0.3) is 0 Å². The molecular formula is C22H32FNO5S. The van der Waals surface area contributed by atoms with E-state index in [0.717, 1.165) is 5.56 Å². The molecule has 2 amide bonds. The molecular weight excluding hydrogens is 409 g/mol. The summed E-state index contributed by atoms with van der Waals surface area (Å²) in [5.41, 5.74) is 0.732. The van der Waals surface area contributed by atoms with Crippen molar-refractivity contribution in [2.75, 3.05) is 18.1 Å². The van der Waals surface area contributed by atoms with Crippen LogP contribution in [0.4, 0.5) is 4.39 Å². The maximum absolute atomic E-state index is 13.9. The minimum Gasteiger partial charge on any atom is -0.490 e. The van der Waals surface area contributed by atoms with E-state index in [2.05, 4.69) is 5.32 Å². The molecule has 2 rings (SSSR count). The highest BCUT2D eigenvalue weighted by molar-refractivity contribution is 7.91. The predicted molar refractivity (Wildman–Crippen MR) is 114 cm³/mol. The lowest BCUT2D eigenvalue weighted by Crippen LogP contribution is -2.22. The molecule has 1 N–H and O–H groups in total. The van der Waals surface area contributed by atoms with E-state index in [1.807, 2.05) is 20.8 Å². The second-order valence-corrected chi connectivity index (χ2v) is 10.8. The van der Waals surface area contributed by atoms with E-state index in [0.29, 0.717) is 32.3 Å². The van der Waals surface area contributed by atoms with Crippen LogP contribution in [0, 0.1) is 17.7 Å². The summed E-state index contributed by atoms with van der Waals surface area (Å²) < 4.78 is 44.4. The SMILES string of the molecule is CC(C)COc1cc([C@@H](C)CS(=O)(=O)CCCCCC2CC(=O)NC2=O)ccc1F. The van der Waals surface area contributed by atoms with Gasteiger partial charge in [0.25, 0.3) is 0 Å². The van der Waals surface area contributed by atoms with E-state index in [1.165, 1.54) is 6.07 Å². The van der Waals surface area contributed by atoms with Gasteiger partial charge < -0.3 is 4.74 Å². The molecule has 1 fully saturated rings. The first kappa shape index (κ1) is 24.3. The molecule has 0 saturated carbocycles. The number of carbonyl (C=O) groups is 2. The summed E-state index contributed by atoms with van der Waals surface area (Å²) >= 11 is 0. The second-order valence-electron chi connectivity index (χ2n) is 8.57. The highest BCUT2D eigenvalue weighted by Crippen LogP contribution is 2.26. The summed E-state index contributed by atoms with van der Waals surface area (Å²) in [5, 5.41) is 2.28. The van der Waals surface area contributed by atoms with Crippen LogP contribution in [0.5, 0.6) is 5.75 Å². The zero-order valence-electron chi connectivity index (χ0n) is 17.9. The Labute approximate surface area is 178 Å². The Bertz CT molecular complexity index is 853. The highest BCUT2D eigenvalue weighted by Gasteiger charge is 2.29. The number of halogens is 1. The molecule has 6 nitrogen and oxygen atoms in total. The molecule has 0 aromatic heterocycles. The number of carbonyl (C=O) groups excluding carboxylic acids is 2. The van der Waals surface area contributed by atoms with Gasteiger partial charge in [-0.3, -0.25) is 14.9 Å². The number of hydrogen-bond donors (Lipinski definition) is 1. The van der Waals surface area contributed by atoms with E-state index in [9.17, 15) is 22.4 Å². The summed E-state index contributed by atoms with van der Waals surface area (Å²) in [5.74, 6) is -0.990. The van der Waals surface area contributed by atoms with Crippen LogP contribution in [0.1, 0.15) is 64.4 Å². The monoisotopic (exact) mass is 441 g/mol. The van der Waals surface area contributed by atoms with Crippen LogP contribution >= 0.6 is 0 Å². The lowest BCUT2D eigenvalue weighted by molar-refractivity contribution is -0.125. The van der Waals surface area contributed by atoms with Gasteiger partial charge in [-0.15, -0.1) is 0 Å². The van der Waals surface area contributed by atoms with Crippen LogP contribution in [0.2, 0.25) is 0 Å². The number of imide groups is 1. The number of ether oxygens (including phenoxy) is 1. The third kappa shape index (κ3) is 7.70. The third-order valence-corrected chi connectivity index (χ3v) is 7.09. The fourth-order valence-electron chi connectivity index (χ4n) is 3.48. The van der Waals surface area contributed by atoms with Gasteiger partial charge >= 0.3 is 0 Å². The van der Waals surface area contributed by atoms with Gasteiger partial charge in [0.2, 0.25) is 11.8 Å². The number of hydrogen-bond acceptors (Lipinski definition) is 5. The average molecular weight is 442 g/mol. The smallest absolute Gasteiger partial charge is 0.230 e. The maximum Gasteiger partial charge on any atom is 0.230 e. The zero-order valence-corrected chi connectivity index (χ0v) is 18.8. The number of amides is 2.